The van der Waals surface area contributed by atoms with Crippen LogP contribution in [0.2, 0.25) is 0 Å². The Kier molecular flexibility index (Phi) is 8.09. The Morgan fingerprint density at radius 1 is 0.778 bits per heavy atom. The highest BCUT2D eigenvalue weighted by Crippen LogP contribution is 2.30. The molecular weight excluding hydrogens is 484 g/mol. The molecule has 1 aromatic heterocycles. The standard InChI is InChI=1S/C22H24N2O12/c1-9(25)31-8-16-17(32-10(2)26)18(33-11(3)27)19(34-12(4)28)21(35-16)36-20(29)13-5-6-14-15(7-13)24-22(30)23-14/h5-7,16-19,21H,8H2,1-4H3,(H2,23,24,30). The summed E-state index contributed by atoms with van der Waals surface area (Å²) in [6.45, 7) is 3.88. The highest BCUT2D eigenvalue weighted by Gasteiger charge is 2.53. The maximum absolute atomic E-state index is 12.9. The lowest BCUT2D eigenvalue weighted by molar-refractivity contribution is -0.294. The minimum atomic E-state index is -1.67. The Hall–Kier alpha value is -4.20. The highest BCUT2D eigenvalue weighted by molar-refractivity contribution is 5.93. The van der Waals surface area contributed by atoms with Crippen molar-refractivity contribution in [3.05, 3.63) is 34.2 Å². The average molecular weight is 508 g/mol. The number of carbonyl (C=O) groups excluding carboxylic acids is 5. The van der Waals surface area contributed by atoms with Crippen LogP contribution >= 0.6 is 0 Å². The van der Waals surface area contributed by atoms with Gasteiger partial charge in [-0.15, -0.1) is 0 Å². The smallest absolute Gasteiger partial charge is 0.340 e. The molecule has 1 aromatic carbocycles. The number of fused-ring (bicyclic) bond motifs is 1. The maximum Gasteiger partial charge on any atom is 0.340 e. The van der Waals surface area contributed by atoms with Gasteiger partial charge in [-0.25, -0.2) is 9.59 Å². The lowest BCUT2D eigenvalue weighted by Gasteiger charge is -2.43. The van der Waals surface area contributed by atoms with Crippen molar-refractivity contribution in [2.75, 3.05) is 6.61 Å². The monoisotopic (exact) mass is 508 g/mol. The molecule has 194 valence electrons. The van der Waals surface area contributed by atoms with Gasteiger partial charge in [-0.3, -0.25) is 19.2 Å². The molecule has 5 unspecified atom stereocenters. The average Bonchev–Trinajstić information content (AvgIpc) is 3.14. The van der Waals surface area contributed by atoms with Crippen molar-refractivity contribution in [1.82, 2.24) is 9.97 Å². The van der Waals surface area contributed by atoms with Gasteiger partial charge in [0.25, 0.3) is 0 Å². The minimum Gasteiger partial charge on any atom is -0.463 e. The molecule has 5 atom stereocenters. The molecule has 36 heavy (non-hydrogen) atoms. The second-order valence-electron chi connectivity index (χ2n) is 7.81. The third-order valence-electron chi connectivity index (χ3n) is 4.92. The van der Waals surface area contributed by atoms with Gasteiger partial charge in [0.15, 0.2) is 12.2 Å². The molecule has 2 aromatic rings. The van der Waals surface area contributed by atoms with E-state index in [1.54, 1.807) is 0 Å². The van der Waals surface area contributed by atoms with Gasteiger partial charge in [0, 0.05) is 27.7 Å². The van der Waals surface area contributed by atoms with Gasteiger partial charge in [0.1, 0.15) is 12.7 Å². The van der Waals surface area contributed by atoms with E-state index in [0.717, 1.165) is 27.7 Å². The van der Waals surface area contributed by atoms with Gasteiger partial charge < -0.3 is 38.4 Å². The molecule has 0 amide bonds. The molecule has 1 aliphatic heterocycles. The van der Waals surface area contributed by atoms with Crippen molar-refractivity contribution in [1.29, 1.82) is 0 Å². The molecule has 2 N–H and O–H groups in total. The minimum absolute atomic E-state index is 0.00519. The van der Waals surface area contributed by atoms with Crippen LogP contribution in [0.4, 0.5) is 0 Å². The van der Waals surface area contributed by atoms with E-state index in [-0.39, 0.29) is 5.56 Å². The zero-order valence-electron chi connectivity index (χ0n) is 19.7. The molecule has 0 spiro atoms. The first kappa shape index (κ1) is 26.4. The molecule has 3 rings (SSSR count). The van der Waals surface area contributed by atoms with Crippen LogP contribution in [0.5, 0.6) is 0 Å². The summed E-state index contributed by atoms with van der Waals surface area (Å²) in [7, 11) is 0. The van der Waals surface area contributed by atoms with Gasteiger partial charge in [0.2, 0.25) is 12.4 Å². The predicted octanol–water partition coefficient (Wildman–Crippen LogP) is 0.0961. The number of hydrogen-bond acceptors (Lipinski definition) is 12. The molecular formula is C22H24N2O12. The van der Waals surface area contributed by atoms with Crippen molar-refractivity contribution < 1.29 is 52.4 Å². The fourth-order valence-corrected chi connectivity index (χ4v) is 3.62. The number of esters is 5. The number of aromatic nitrogens is 2. The summed E-state index contributed by atoms with van der Waals surface area (Å²) in [5, 5.41) is 0. The number of imidazole rings is 1. The number of nitrogens with one attached hydrogen (secondary N) is 2. The number of benzene rings is 1. The van der Waals surface area contributed by atoms with Crippen LogP contribution in [0.15, 0.2) is 23.0 Å². The molecule has 1 aliphatic rings. The number of aromatic amines is 2. The fourth-order valence-electron chi connectivity index (χ4n) is 3.62. The van der Waals surface area contributed by atoms with Gasteiger partial charge in [-0.1, -0.05) is 0 Å². The first-order chi connectivity index (χ1) is 16.9. The van der Waals surface area contributed by atoms with Crippen molar-refractivity contribution in [2.24, 2.45) is 0 Å². The topological polar surface area (TPSA) is 189 Å². The van der Waals surface area contributed by atoms with Crippen LogP contribution in [0.3, 0.4) is 0 Å². The van der Waals surface area contributed by atoms with E-state index in [1.807, 2.05) is 0 Å². The molecule has 0 bridgehead atoms. The van der Waals surface area contributed by atoms with E-state index in [1.165, 1.54) is 18.2 Å². The van der Waals surface area contributed by atoms with E-state index in [2.05, 4.69) is 9.97 Å². The van der Waals surface area contributed by atoms with E-state index in [9.17, 15) is 28.8 Å². The third-order valence-corrected chi connectivity index (χ3v) is 4.92. The number of ether oxygens (including phenoxy) is 6. The second kappa shape index (κ2) is 11.0. The van der Waals surface area contributed by atoms with E-state index in [4.69, 9.17) is 28.4 Å². The molecule has 14 nitrogen and oxygen atoms in total. The summed E-state index contributed by atoms with van der Waals surface area (Å²) >= 11 is 0. The summed E-state index contributed by atoms with van der Waals surface area (Å²) in [5.41, 5.74) is 0.306. The Labute approximate surface area is 203 Å². The first-order valence-electron chi connectivity index (χ1n) is 10.7. The second-order valence-corrected chi connectivity index (χ2v) is 7.81. The maximum atomic E-state index is 12.9. The fraction of sp³-hybridized carbons (Fsp3) is 0.455. The van der Waals surface area contributed by atoms with Crippen molar-refractivity contribution in [3.8, 4) is 0 Å². The number of H-pyrrole nitrogens is 2. The first-order valence-corrected chi connectivity index (χ1v) is 10.7. The Bertz CT molecular complexity index is 1230. The Balaban J connectivity index is 1.96. The highest BCUT2D eigenvalue weighted by atomic mass is 16.7. The zero-order valence-corrected chi connectivity index (χ0v) is 19.7. The normalized spacial score (nSPS) is 23.4. The Morgan fingerprint density at radius 3 is 1.97 bits per heavy atom. The van der Waals surface area contributed by atoms with Crippen molar-refractivity contribution in [2.45, 2.75) is 58.4 Å². The molecule has 1 fully saturated rings. The zero-order chi connectivity index (χ0) is 26.6. The van der Waals surface area contributed by atoms with Crippen LogP contribution in [-0.2, 0) is 47.6 Å². The van der Waals surface area contributed by atoms with Gasteiger partial charge in [-0.05, 0) is 18.2 Å². The summed E-state index contributed by atoms with van der Waals surface area (Å²) < 4.78 is 31.9. The molecule has 0 saturated carbocycles. The quantitative estimate of drug-likeness (QED) is 0.379. The van der Waals surface area contributed by atoms with Gasteiger partial charge in [0.05, 0.1) is 16.6 Å². The summed E-state index contributed by atoms with van der Waals surface area (Å²) in [5.74, 6) is -4.09. The van der Waals surface area contributed by atoms with Gasteiger partial charge >= 0.3 is 35.5 Å². The summed E-state index contributed by atoms with van der Waals surface area (Å²) in [6.07, 6.45) is -7.35. The lowest BCUT2D eigenvalue weighted by atomic mass is 9.98. The summed E-state index contributed by atoms with van der Waals surface area (Å²) in [4.78, 5) is 76.3. The number of rotatable bonds is 7. The molecule has 0 aliphatic carbocycles. The molecule has 14 heteroatoms. The lowest BCUT2D eigenvalue weighted by Crippen LogP contribution is -2.63. The molecule has 1 saturated heterocycles. The summed E-state index contributed by atoms with van der Waals surface area (Å²) in [6, 6.07) is 4.19. The van der Waals surface area contributed by atoms with Crippen molar-refractivity contribution >= 4 is 40.9 Å². The third kappa shape index (κ3) is 6.47. The number of carbonyl (C=O) groups is 5. The number of hydrogen-bond donors (Lipinski definition) is 2. The van der Waals surface area contributed by atoms with Crippen molar-refractivity contribution in [3.63, 3.8) is 0 Å². The van der Waals surface area contributed by atoms with Crippen LogP contribution < -0.4 is 5.69 Å². The van der Waals surface area contributed by atoms with E-state index in [0.29, 0.717) is 11.0 Å². The van der Waals surface area contributed by atoms with Crippen LogP contribution in [-0.4, -0.2) is 77.1 Å². The molecule has 0 radical (unpaired) electrons. The SMILES string of the molecule is CC(=O)OCC1OC(OC(=O)c2ccc3[nH]c(=O)[nH]c3c2)C(OC(C)=O)C(OC(C)=O)C1OC(C)=O. The van der Waals surface area contributed by atoms with Gasteiger partial charge in [-0.2, -0.15) is 0 Å². The largest absolute Gasteiger partial charge is 0.463 e. The predicted molar refractivity (Wildman–Crippen MR) is 116 cm³/mol. The van der Waals surface area contributed by atoms with E-state index >= 15 is 0 Å². The Morgan fingerprint density at radius 2 is 1.36 bits per heavy atom. The molecule has 2 heterocycles. The van der Waals surface area contributed by atoms with Crippen LogP contribution in [0, 0.1) is 0 Å². The van der Waals surface area contributed by atoms with Crippen LogP contribution in [0.25, 0.3) is 11.0 Å². The van der Waals surface area contributed by atoms with Crippen LogP contribution in [0.1, 0.15) is 38.1 Å². The van der Waals surface area contributed by atoms with E-state index < -0.39 is 72.8 Å².